The molecule has 0 saturated carbocycles. The molecule has 6 heteroatoms. The molecular formula is C19H23Cl2N3O. The van der Waals surface area contributed by atoms with Crippen LogP contribution in [0.25, 0.3) is 0 Å². The number of nitrogens with two attached hydrogens (primary N) is 1. The fourth-order valence-corrected chi connectivity index (χ4v) is 3.21. The van der Waals surface area contributed by atoms with Crippen LogP contribution in [0.4, 0.5) is 5.69 Å². The zero-order valence-electron chi connectivity index (χ0n) is 14.2. The maximum Gasteiger partial charge on any atom is 0.253 e. The first-order valence-corrected chi connectivity index (χ1v) is 8.55. The monoisotopic (exact) mass is 379 g/mol. The van der Waals surface area contributed by atoms with Gasteiger partial charge in [-0.05, 0) is 42.3 Å². The summed E-state index contributed by atoms with van der Waals surface area (Å²) in [7, 11) is 0. The predicted octanol–water partition coefficient (Wildman–Crippen LogP) is 3.49. The van der Waals surface area contributed by atoms with Crippen LogP contribution < -0.4 is 10.6 Å². The minimum atomic E-state index is 0. The van der Waals surface area contributed by atoms with E-state index in [1.807, 2.05) is 47.4 Å². The van der Waals surface area contributed by atoms with Gasteiger partial charge in [-0.25, -0.2) is 0 Å². The van der Waals surface area contributed by atoms with Crippen LogP contribution >= 0.6 is 24.0 Å². The highest BCUT2D eigenvalue weighted by molar-refractivity contribution is 6.30. The highest BCUT2D eigenvalue weighted by atomic mass is 35.5. The van der Waals surface area contributed by atoms with Crippen molar-refractivity contribution in [3.8, 4) is 0 Å². The van der Waals surface area contributed by atoms with Gasteiger partial charge in [-0.15, -0.1) is 12.4 Å². The summed E-state index contributed by atoms with van der Waals surface area (Å²) < 4.78 is 0. The summed E-state index contributed by atoms with van der Waals surface area (Å²) in [6.45, 7) is 5.63. The Morgan fingerprint density at radius 2 is 1.72 bits per heavy atom. The third-order valence-corrected chi connectivity index (χ3v) is 4.75. The molecule has 0 aliphatic carbocycles. The van der Waals surface area contributed by atoms with Crippen molar-refractivity contribution in [1.82, 2.24) is 4.90 Å². The molecular weight excluding hydrogens is 357 g/mol. The lowest BCUT2D eigenvalue weighted by atomic mass is 10.1. The predicted molar refractivity (Wildman–Crippen MR) is 106 cm³/mol. The van der Waals surface area contributed by atoms with Crippen molar-refractivity contribution in [1.29, 1.82) is 0 Å². The molecule has 0 aromatic heterocycles. The van der Waals surface area contributed by atoms with Crippen molar-refractivity contribution in [2.75, 3.05) is 31.1 Å². The highest BCUT2D eigenvalue weighted by Gasteiger charge is 2.23. The first kappa shape index (κ1) is 19.6. The molecule has 2 aromatic rings. The number of amides is 1. The van der Waals surface area contributed by atoms with Crippen LogP contribution in [0.15, 0.2) is 42.5 Å². The van der Waals surface area contributed by atoms with Crippen LogP contribution in [0, 0.1) is 6.92 Å². The van der Waals surface area contributed by atoms with Gasteiger partial charge in [-0.2, -0.15) is 0 Å². The average molecular weight is 380 g/mol. The van der Waals surface area contributed by atoms with Crippen LogP contribution in [-0.4, -0.2) is 37.0 Å². The van der Waals surface area contributed by atoms with Crippen molar-refractivity contribution in [2.45, 2.75) is 13.5 Å². The number of carbonyl (C=O) groups excluding carboxylic acids is 1. The van der Waals surface area contributed by atoms with Crippen molar-refractivity contribution < 1.29 is 4.79 Å². The van der Waals surface area contributed by atoms with E-state index in [2.05, 4.69) is 11.8 Å². The van der Waals surface area contributed by atoms with Gasteiger partial charge in [-0.1, -0.05) is 29.8 Å². The molecule has 25 heavy (non-hydrogen) atoms. The molecule has 1 saturated heterocycles. The molecule has 1 aliphatic rings. The van der Waals surface area contributed by atoms with Crippen LogP contribution in [0.2, 0.25) is 5.02 Å². The van der Waals surface area contributed by atoms with E-state index in [0.29, 0.717) is 19.6 Å². The summed E-state index contributed by atoms with van der Waals surface area (Å²) in [5.74, 6) is 0.0843. The maximum atomic E-state index is 12.6. The lowest BCUT2D eigenvalue weighted by molar-refractivity contribution is 0.0747. The second-order valence-electron chi connectivity index (χ2n) is 6.11. The Bertz CT molecular complexity index is 726. The smallest absolute Gasteiger partial charge is 0.253 e. The van der Waals surface area contributed by atoms with E-state index >= 15 is 0 Å². The number of nitrogens with zero attached hydrogens (tertiary/aromatic N) is 2. The molecule has 0 radical (unpaired) electrons. The fraction of sp³-hybridized carbons (Fsp3) is 0.316. The number of piperazine rings is 1. The van der Waals surface area contributed by atoms with Crippen molar-refractivity contribution in [3.05, 3.63) is 64.2 Å². The van der Waals surface area contributed by atoms with E-state index in [-0.39, 0.29) is 18.3 Å². The summed E-state index contributed by atoms with van der Waals surface area (Å²) in [6, 6.07) is 13.5. The molecule has 0 bridgehead atoms. The highest BCUT2D eigenvalue weighted by Crippen LogP contribution is 2.25. The average Bonchev–Trinajstić information content (AvgIpc) is 2.63. The van der Waals surface area contributed by atoms with Gasteiger partial charge in [0.2, 0.25) is 0 Å². The SMILES string of the molecule is Cc1ccc(Cl)cc1N1CCN(C(=O)c2ccc(CN)cc2)CC1.Cl. The van der Waals surface area contributed by atoms with Crippen molar-refractivity contribution in [2.24, 2.45) is 5.73 Å². The molecule has 0 spiro atoms. The topological polar surface area (TPSA) is 49.6 Å². The van der Waals surface area contributed by atoms with Crippen molar-refractivity contribution in [3.63, 3.8) is 0 Å². The van der Waals surface area contributed by atoms with E-state index in [1.54, 1.807) is 0 Å². The Kier molecular flexibility index (Phi) is 6.71. The van der Waals surface area contributed by atoms with Crippen LogP contribution in [0.3, 0.4) is 0 Å². The number of anilines is 1. The second-order valence-corrected chi connectivity index (χ2v) is 6.55. The summed E-state index contributed by atoms with van der Waals surface area (Å²) in [6.07, 6.45) is 0. The standard InChI is InChI=1S/C19H22ClN3O.ClH/c1-14-2-7-17(20)12-18(14)22-8-10-23(11-9-22)19(24)16-5-3-15(13-21)4-6-16;/h2-7,12H,8-11,13,21H2,1H3;1H. The van der Waals surface area contributed by atoms with E-state index < -0.39 is 0 Å². The zero-order valence-corrected chi connectivity index (χ0v) is 15.8. The quantitative estimate of drug-likeness (QED) is 0.887. The van der Waals surface area contributed by atoms with E-state index in [9.17, 15) is 4.79 Å². The molecule has 1 aliphatic heterocycles. The Labute approximate surface area is 160 Å². The maximum absolute atomic E-state index is 12.6. The molecule has 134 valence electrons. The molecule has 2 aromatic carbocycles. The molecule has 3 rings (SSSR count). The Morgan fingerprint density at radius 3 is 2.32 bits per heavy atom. The van der Waals surface area contributed by atoms with E-state index in [4.69, 9.17) is 17.3 Å². The lowest BCUT2D eigenvalue weighted by Crippen LogP contribution is -2.49. The van der Waals surface area contributed by atoms with Crippen LogP contribution in [-0.2, 0) is 6.54 Å². The number of aryl methyl sites for hydroxylation is 1. The summed E-state index contributed by atoms with van der Waals surface area (Å²) >= 11 is 6.12. The lowest BCUT2D eigenvalue weighted by Gasteiger charge is -2.37. The molecule has 2 N–H and O–H groups in total. The Balaban J connectivity index is 0.00000225. The van der Waals surface area contributed by atoms with Gasteiger partial charge in [-0.3, -0.25) is 4.79 Å². The van der Waals surface area contributed by atoms with Gasteiger partial charge in [0, 0.05) is 49.0 Å². The number of carbonyl (C=O) groups is 1. The Morgan fingerprint density at radius 1 is 1.08 bits per heavy atom. The zero-order chi connectivity index (χ0) is 17.1. The minimum Gasteiger partial charge on any atom is -0.368 e. The van der Waals surface area contributed by atoms with Crippen LogP contribution in [0.1, 0.15) is 21.5 Å². The van der Waals surface area contributed by atoms with E-state index in [0.717, 1.165) is 34.9 Å². The van der Waals surface area contributed by atoms with Gasteiger partial charge >= 0.3 is 0 Å². The number of hydrogen-bond donors (Lipinski definition) is 1. The molecule has 4 nitrogen and oxygen atoms in total. The third-order valence-electron chi connectivity index (χ3n) is 4.52. The van der Waals surface area contributed by atoms with Gasteiger partial charge in [0.05, 0.1) is 0 Å². The largest absolute Gasteiger partial charge is 0.368 e. The fourth-order valence-electron chi connectivity index (χ4n) is 3.04. The van der Waals surface area contributed by atoms with Crippen LogP contribution in [0.5, 0.6) is 0 Å². The number of rotatable bonds is 3. The molecule has 1 fully saturated rings. The van der Waals surface area contributed by atoms with Crippen molar-refractivity contribution >= 4 is 35.6 Å². The first-order valence-electron chi connectivity index (χ1n) is 8.18. The summed E-state index contributed by atoms with van der Waals surface area (Å²) in [5.41, 5.74) is 9.72. The molecule has 1 heterocycles. The first-order chi connectivity index (χ1) is 11.6. The van der Waals surface area contributed by atoms with Gasteiger partial charge < -0.3 is 15.5 Å². The molecule has 0 atom stereocenters. The second kappa shape index (κ2) is 8.56. The number of benzene rings is 2. The molecule has 0 unspecified atom stereocenters. The Hall–Kier alpha value is -1.75. The normalized spacial score (nSPS) is 14.2. The molecule has 1 amide bonds. The summed E-state index contributed by atoms with van der Waals surface area (Å²) in [4.78, 5) is 16.8. The van der Waals surface area contributed by atoms with Gasteiger partial charge in [0.1, 0.15) is 0 Å². The van der Waals surface area contributed by atoms with Gasteiger partial charge in [0.25, 0.3) is 5.91 Å². The third kappa shape index (κ3) is 4.46. The van der Waals surface area contributed by atoms with Gasteiger partial charge in [0.15, 0.2) is 0 Å². The van der Waals surface area contributed by atoms with E-state index in [1.165, 1.54) is 5.56 Å². The summed E-state index contributed by atoms with van der Waals surface area (Å²) in [5, 5.41) is 0.745. The number of hydrogen-bond acceptors (Lipinski definition) is 3. The number of halogens is 2. The minimum absolute atomic E-state index is 0.